The minimum Gasteiger partial charge on any atom is -0.477 e. The summed E-state index contributed by atoms with van der Waals surface area (Å²) in [5.74, 6) is -1.12. The highest BCUT2D eigenvalue weighted by Gasteiger charge is 2.20. The number of hydrogen-bond donors (Lipinski definition) is 3. The maximum Gasteiger partial charge on any atom is 0.352 e. The molecule has 0 radical (unpaired) electrons. The molecule has 0 fully saturated rings. The lowest BCUT2D eigenvalue weighted by Gasteiger charge is -2.03. The summed E-state index contributed by atoms with van der Waals surface area (Å²) < 4.78 is 23.0. The second-order valence-corrected chi connectivity index (χ2v) is 6.36. The van der Waals surface area contributed by atoms with Crippen molar-refractivity contribution in [3.63, 3.8) is 0 Å². The Hall–Kier alpha value is -2.64. The van der Waals surface area contributed by atoms with Gasteiger partial charge in [0.2, 0.25) is 10.0 Å². The number of H-pyrrole nitrogens is 1. The summed E-state index contributed by atoms with van der Waals surface area (Å²) in [5, 5.41) is 15.0. The number of nitrogens with two attached hydrogens (primary N) is 1. The molecule has 112 valence electrons. The Morgan fingerprint density at radius 2 is 1.77 bits per heavy atom. The van der Waals surface area contributed by atoms with Gasteiger partial charge in [0.15, 0.2) is 0 Å². The van der Waals surface area contributed by atoms with E-state index in [0.717, 1.165) is 0 Å². The molecule has 3 aromatic rings. The number of hydrogen-bond acceptors (Lipinski definition) is 3. The van der Waals surface area contributed by atoms with E-state index < -0.39 is 16.0 Å². The molecule has 0 aliphatic carbocycles. The quantitative estimate of drug-likeness (QED) is 0.687. The minimum atomic E-state index is -3.87. The number of rotatable bonds is 3. The van der Waals surface area contributed by atoms with Crippen molar-refractivity contribution in [1.29, 1.82) is 0 Å². The summed E-state index contributed by atoms with van der Waals surface area (Å²) in [7, 11) is -3.87. The van der Waals surface area contributed by atoms with Gasteiger partial charge in [-0.25, -0.2) is 18.4 Å². The molecule has 0 amide bonds. The molecule has 0 spiro atoms. The van der Waals surface area contributed by atoms with Gasteiger partial charge in [0.05, 0.1) is 4.90 Å². The fourth-order valence-corrected chi connectivity index (χ4v) is 2.95. The van der Waals surface area contributed by atoms with Crippen LogP contribution in [-0.2, 0) is 10.0 Å². The highest BCUT2D eigenvalue weighted by molar-refractivity contribution is 7.89. The monoisotopic (exact) mass is 316 g/mol. The number of aromatic carboxylic acids is 1. The van der Waals surface area contributed by atoms with Gasteiger partial charge >= 0.3 is 5.97 Å². The first-order chi connectivity index (χ1) is 10.4. The lowest BCUT2D eigenvalue weighted by Crippen LogP contribution is -2.11. The highest BCUT2D eigenvalue weighted by Crippen LogP contribution is 2.33. The second kappa shape index (κ2) is 4.97. The predicted octanol–water partition coefficient (Wildman–Crippen LogP) is 2.18. The van der Waals surface area contributed by atoms with Crippen molar-refractivity contribution in [2.24, 2.45) is 5.14 Å². The molecule has 6 nitrogen and oxygen atoms in total. The fourth-order valence-electron chi connectivity index (χ4n) is 2.41. The molecule has 22 heavy (non-hydrogen) atoms. The summed E-state index contributed by atoms with van der Waals surface area (Å²) in [6, 6.07) is 13.1. The van der Waals surface area contributed by atoms with Crippen LogP contribution >= 0.6 is 0 Å². The number of carboxylic acid groups (broad SMARTS) is 1. The average molecular weight is 316 g/mol. The molecule has 0 unspecified atom stereocenters. The summed E-state index contributed by atoms with van der Waals surface area (Å²) in [5.41, 5.74) is 1.66. The number of primary sulfonamides is 1. The summed E-state index contributed by atoms with van der Waals surface area (Å²) in [6.07, 6.45) is 0. The summed E-state index contributed by atoms with van der Waals surface area (Å²) in [4.78, 5) is 14.2. The Kier molecular flexibility index (Phi) is 3.23. The van der Waals surface area contributed by atoms with E-state index in [1.807, 2.05) is 6.07 Å². The van der Waals surface area contributed by atoms with Crippen LogP contribution < -0.4 is 5.14 Å². The van der Waals surface area contributed by atoms with E-state index in [1.165, 1.54) is 18.2 Å². The zero-order valence-corrected chi connectivity index (χ0v) is 12.1. The van der Waals surface area contributed by atoms with E-state index in [1.54, 1.807) is 24.3 Å². The van der Waals surface area contributed by atoms with E-state index >= 15 is 0 Å². The van der Waals surface area contributed by atoms with Gasteiger partial charge < -0.3 is 10.1 Å². The number of carbonyl (C=O) groups is 1. The summed E-state index contributed by atoms with van der Waals surface area (Å²) in [6.45, 7) is 0. The zero-order chi connectivity index (χ0) is 15.9. The number of sulfonamides is 1. The fraction of sp³-hybridized carbons (Fsp3) is 0. The van der Waals surface area contributed by atoms with Crippen molar-refractivity contribution in [3.05, 3.63) is 54.2 Å². The molecule has 0 aliphatic rings. The SMILES string of the molecule is NS(=O)(=O)c1ccc2[nH]c(C(=O)O)c(-c3ccccc3)c2c1. The third-order valence-corrected chi connectivity index (χ3v) is 4.29. The van der Waals surface area contributed by atoms with Crippen molar-refractivity contribution in [2.75, 3.05) is 0 Å². The molecule has 3 rings (SSSR count). The van der Waals surface area contributed by atoms with Crippen molar-refractivity contribution >= 4 is 26.9 Å². The van der Waals surface area contributed by atoms with Gasteiger partial charge in [-0.2, -0.15) is 0 Å². The van der Waals surface area contributed by atoms with E-state index in [9.17, 15) is 18.3 Å². The van der Waals surface area contributed by atoms with Crippen LogP contribution in [0.15, 0.2) is 53.4 Å². The molecule has 1 aromatic heterocycles. The second-order valence-electron chi connectivity index (χ2n) is 4.80. The topological polar surface area (TPSA) is 113 Å². The first-order valence-electron chi connectivity index (χ1n) is 6.35. The normalized spacial score (nSPS) is 11.7. The van der Waals surface area contributed by atoms with Crippen LogP contribution in [0.25, 0.3) is 22.0 Å². The lowest BCUT2D eigenvalue weighted by atomic mass is 10.0. The Balaban J connectivity index is 2.40. The molecular weight excluding hydrogens is 304 g/mol. The Morgan fingerprint density at radius 1 is 1.09 bits per heavy atom. The van der Waals surface area contributed by atoms with Gasteiger partial charge in [-0.15, -0.1) is 0 Å². The molecule has 7 heteroatoms. The standard InChI is InChI=1S/C15H12N2O4S/c16-22(20,21)10-6-7-12-11(8-10)13(14(17-12)15(18)19)9-4-2-1-3-5-9/h1-8,17H,(H,18,19)(H2,16,20,21). The van der Waals surface area contributed by atoms with Crippen LogP contribution in [-0.4, -0.2) is 24.5 Å². The molecule has 4 N–H and O–H groups in total. The van der Waals surface area contributed by atoms with Gasteiger partial charge in [-0.05, 0) is 23.8 Å². The van der Waals surface area contributed by atoms with Crippen LogP contribution in [0.2, 0.25) is 0 Å². The van der Waals surface area contributed by atoms with Gasteiger partial charge in [0.1, 0.15) is 5.69 Å². The van der Waals surface area contributed by atoms with E-state index in [2.05, 4.69) is 4.98 Å². The number of aromatic amines is 1. The molecular formula is C15H12N2O4S. The van der Waals surface area contributed by atoms with Gasteiger partial charge in [0, 0.05) is 16.5 Å². The van der Waals surface area contributed by atoms with E-state index in [-0.39, 0.29) is 10.6 Å². The zero-order valence-electron chi connectivity index (χ0n) is 11.3. The largest absolute Gasteiger partial charge is 0.477 e. The highest BCUT2D eigenvalue weighted by atomic mass is 32.2. The van der Waals surface area contributed by atoms with Crippen LogP contribution in [0.5, 0.6) is 0 Å². The number of carboxylic acids is 1. The van der Waals surface area contributed by atoms with Crippen LogP contribution in [0, 0.1) is 0 Å². The lowest BCUT2D eigenvalue weighted by molar-refractivity contribution is 0.0692. The van der Waals surface area contributed by atoms with Crippen molar-refractivity contribution in [2.45, 2.75) is 4.90 Å². The molecule has 0 aliphatic heterocycles. The average Bonchev–Trinajstić information content (AvgIpc) is 2.86. The Bertz CT molecular complexity index is 975. The summed E-state index contributed by atoms with van der Waals surface area (Å²) >= 11 is 0. The Morgan fingerprint density at radius 3 is 2.36 bits per heavy atom. The maximum atomic E-state index is 11.5. The van der Waals surface area contributed by atoms with Crippen LogP contribution in [0.1, 0.15) is 10.5 Å². The van der Waals surface area contributed by atoms with Crippen molar-refractivity contribution in [1.82, 2.24) is 4.98 Å². The van der Waals surface area contributed by atoms with Crippen molar-refractivity contribution < 1.29 is 18.3 Å². The minimum absolute atomic E-state index is 0.00719. The first kappa shape index (κ1) is 14.3. The number of fused-ring (bicyclic) bond motifs is 1. The third kappa shape index (κ3) is 2.36. The van der Waals surface area contributed by atoms with E-state index in [4.69, 9.17) is 5.14 Å². The molecule has 0 bridgehead atoms. The van der Waals surface area contributed by atoms with Gasteiger partial charge in [-0.1, -0.05) is 30.3 Å². The number of benzene rings is 2. The molecule has 0 saturated carbocycles. The molecule has 1 heterocycles. The van der Waals surface area contributed by atoms with Gasteiger partial charge in [0.25, 0.3) is 0 Å². The van der Waals surface area contributed by atoms with Crippen LogP contribution in [0.3, 0.4) is 0 Å². The first-order valence-corrected chi connectivity index (χ1v) is 7.90. The van der Waals surface area contributed by atoms with Gasteiger partial charge in [-0.3, -0.25) is 0 Å². The number of nitrogens with one attached hydrogen (secondary N) is 1. The predicted molar refractivity (Wildman–Crippen MR) is 82.1 cm³/mol. The Labute approximate surface area is 126 Å². The van der Waals surface area contributed by atoms with Crippen LogP contribution in [0.4, 0.5) is 0 Å². The number of aromatic nitrogens is 1. The molecule has 0 atom stereocenters. The molecule has 0 saturated heterocycles. The van der Waals surface area contributed by atoms with Crippen molar-refractivity contribution in [3.8, 4) is 11.1 Å². The third-order valence-electron chi connectivity index (χ3n) is 3.37. The maximum absolute atomic E-state index is 11.5. The smallest absolute Gasteiger partial charge is 0.352 e. The van der Waals surface area contributed by atoms with E-state index in [0.29, 0.717) is 22.0 Å². The molecule has 2 aromatic carbocycles.